The molecule has 0 bridgehead atoms. The van der Waals surface area contributed by atoms with Crippen LogP contribution in [0.5, 0.6) is 0 Å². The van der Waals surface area contributed by atoms with Gasteiger partial charge in [0.25, 0.3) is 0 Å². The molecule has 0 saturated carbocycles. The van der Waals surface area contributed by atoms with Crippen LogP contribution in [0.15, 0.2) is 0 Å². The molecule has 0 aliphatic carbocycles. The van der Waals surface area contributed by atoms with E-state index in [4.69, 9.17) is 10.5 Å². The molecule has 0 amide bonds. The minimum atomic E-state index is -0.445. The van der Waals surface area contributed by atoms with Crippen LogP contribution in [0.25, 0.3) is 0 Å². The Balaban J connectivity index is 3.97. The summed E-state index contributed by atoms with van der Waals surface area (Å²) < 4.78 is 4.82. The Morgan fingerprint density at radius 2 is 1.92 bits per heavy atom. The molecule has 1 atom stereocenters. The lowest BCUT2D eigenvalue weighted by atomic mass is 9.94. The van der Waals surface area contributed by atoms with Crippen molar-refractivity contribution >= 4 is 5.78 Å². The largest absolute Gasteiger partial charge is 0.383 e. The average Bonchev–Trinajstić information content (AvgIpc) is 2.07. The van der Waals surface area contributed by atoms with Gasteiger partial charge in [0.1, 0.15) is 0 Å². The van der Waals surface area contributed by atoms with E-state index in [0.29, 0.717) is 6.61 Å². The molecule has 0 fully saturated rings. The predicted octanol–water partition coefficient (Wildman–Crippen LogP) is 0.965. The number of methoxy groups -OCH3 is 1. The van der Waals surface area contributed by atoms with Crippen molar-refractivity contribution in [3.8, 4) is 0 Å². The van der Waals surface area contributed by atoms with Crippen LogP contribution in [-0.4, -0.2) is 25.5 Å². The fraction of sp³-hybridized carbons (Fsp3) is 0.889. The third-order valence-electron chi connectivity index (χ3n) is 2.10. The van der Waals surface area contributed by atoms with Crippen LogP contribution in [0.2, 0.25) is 0 Å². The SMILES string of the molecule is CCC(CC)C(=O)C(N)COC. The van der Waals surface area contributed by atoms with Crippen LogP contribution >= 0.6 is 0 Å². The first-order valence-corrected chi connectivity index (χ1v) is 4.45. The van der Waals surface area contributed by atoms with Crippen molar-refractivity contribution in [3.05, 3.63) is 0 Å². The Morgan fingerprint density at radius 3 is 2.25 bits per heavy atom. The number of carbonyl (C=O) groups excluding carboxylic acids is 1. The molecule has 3 heteroatoms. The number of ketones is 1. The van der Waals surface area contributed by atoms with Crippen LogP contribution in [0.4, 0.5) is 0 Å². The van der Waals surface area contributed by atoms with Gasteiger partial charge in [0.2, 0.25) is 0 Å². The third-order valence-corrected chi connectivity index (χ3v) is 2.10. The number of nitrogens with two attached hydrogens (primary N) is 1. The van der Waals surface area contributed by atoms with Gasteiger partial charge in [-0.3, -0.25) is 4.79 Å². The zero-order chi connectivity index (χ0) is 9.56. The lowest BCUT2D eigenvalue weighted by Crippen LogP contribution is -2.38. The maximum Gasteiger partial charge on any atom is 0.154 e. The number of Topliss-reactive ketones (excluding diaryl/α,β-unsaturated/α-hetero) is 1. The summed E-state index contributed by atoms with van der Waals surface area (Å²) in [6.07, 6.45) is 1.74. The summed E-state index contributed by atoms with van der Waals surface area (Å²) >= 11 is 0. The van der Waals surface area contributed by atoms with Crippen LogP contribution < -0.4 is 5.73 Å². The van der Waals surface area contributed by atoms with Gasteiger partial charge in [0, 0.05) is 13.0 Å². The molecule has 1 unspecified atom stereocenters. The maximum absolute atomic E-state index is 11.5. The molecule has 0 radical (unpaired) electrons. The molecule has 0 saturated heterocycles. The molecule has 0 aliphatic heterocycles. The fourth-order valence-electron chi connectivity index (χ4n) is 1.26. The smallest absolute Gasteiger partial charge is 0.154 e. The second-order valence-electron chi connectivity index (χ2n) is 2.98. The van der Waals surface area contributed by atoms with E-state index >= 15 is 0 Å². The highest BCUT2D eigenvalue weighted by Crippen LogP contribution is 2.10. The molecule has 12 heavy (non-hydrogen) atoms. The maximum atomic E-state index is 11.5. The molecule has 2 N–H and O–H groups in total. The summed E-state index contributed by atoms with van der Waals surface area (Å²) in [5.41, 5.74) is 5.61. The van der Waals surface area contributed by atoms with Crippen molar-refractivity contribution in [3.63, 3.8) is 0 Å². The summed E-state index contributed by atoms with van der Waals surface area (Å²) in [6, 6.07) is -0.445. The molecule has 0 aromatic heterocycles. The van der Waals surface area contributed by atoms with Crippen molar-refractivity contribution in [1.82, 2.24) is 0 Å². The molecular weight excluding hydrogens is 154 g/mol. The summed E-state index contributed by atoms with van der Waals surface area (Å²) in [7, 11) is 1.56. The van der Waals surface area contributed by atoms with Gasteiger partial charge in [-0.05, 0) is 12.8 Å². The van der Waals surface area contributed by atoms with Gasteiger partial charge in [0.05, 0.1) is 12.6 Å². The van der Waals surface area contributed by atoms with Gasteiger partial charge in [-0.25, -0.2) is 0 Å². The number of rotatable bonds is 6. The van der Waals surface area contributed by atoms with E-state index in [9.17, 15) is 4.79 Å². The Morgan fingerprint density at radius 1 is 1.42 bits per heavy atom. The van der Waals surface area contributed by atoms with Gasteiger partial charge < -0.3 is 10.5 Å². The monoisotopic (exact) mass is 173 g/mol. The lowest BCUT2D eigenvalue weighted by Gasteiger charge is -2.15. The normalized spacial score (nSPS) is 13.4. The summed E-state index contributed by atoms with van der Waals surface area (Å²) in [5, 5.41) is 0. The highest BCUT2D eigenvalue weighted by Gasteiger charge is 2.20. The third kappa shape index (κ3) is 3.32. The van der Waals surface area contributed by atoms with E-state index in [1.165, 1.54) is 0 Å². The standard InChI is InChI=1S/C9H19NO2/c1-4-7(5-2)9(11)8(10)6-12-3/h7-8H,4-6,10H2,1-3H3. The summed E-state index contributed by atoms with van der Waals surface area (Å²) in [4.78, 5) is 11.5. The van der Waals surface area contributed by atoms with Crippen molar-refractivity contribution in [2.45, 2.75) is 32.7 Å². The van der Waals surface area contributed by atoms with Gasteiger partial charge in [0.15, 0.2) is 5.78 Å². The number of carbonyl (C=O) groups is 1. The molecule has 0 heterocycles. The Labute approximate surface area is 74.3 Å². The first-order chi connectivity index (χ1) is 5.67. The van der Waals surface area contributed by atoms with Crippen LogP contribution in [0.3, 0.4) is 0 Å². The van der Waals surface area contributed by atoms with Crippen LogP contribution in [0.1, 0.15) is 26.7 Å². The quantitative estimate of drug-likeness (QED) is 0.651. The molecular formula is C9H19NO2. The van der Waals surface area contributed by atoms with E-state index in [0.717, 1.165) is 12.8 Å². The number of ether oxygens (including phenoxy) is 1. The number of hydrogen-bond donors (Lipinski definition) is 1. The molecule has 0 rings (SSSR count). The minimum Gasteiger partial charge on any atom is -0.383 e. The van der Waals surface area contributed by atoms with Gasteiger partial charge >= 0.3 is 0 Å². The molecule has 0 aliphatic rings. The Kier molecular flexibility index (Phi) is 5.93. The van der Waals surface area contributed by atoms with E-state index in [1.54, 1.807) is 7.11 Å². The molecule has 3 nitrogen and oxygen atoms in total. The predicted molar refractivity (Wildman–Crippen MR) is 48.9 cm³/mol. The van der Waals surface area contributed by atoms with E-state index in [-0.39, 0.29) is 11.7 Å². The number of hydrogen-bond acceptors (Lipinski definition) is 3. The average molecular weight is 173 g/mol. The van der Waals surface area contributed by atoms with Gasteiger partial charge in [-0.1, -0.05) is 13.8 Å². The van der Waals surface area contributed by atoms with Crippen LogP contribution in [0, 0.1) is 5.92 Å². The molecule has 0 spiro atoms. The first-order valence-electron chi connectivity index (χ1n) is 4.45. The Hall–Kier alpha value is -0.410. The lowest BCUT2D eigenvalue weighted by molar-refractivity contribution is -0.125. The zero-order valence-corrected chi connectivity index (χ0v) is 8.17. The first kappa shape index (κ1) is 11.6. The molecule has 0 aromatic rings. The van der Waals surface area contributed by atoms with Crippen molar-refractivity contribution in [2.75, 3.05) is 13.7 Å². The summed E-state index contributed by atoms with van der Waals surface area (Å²) in [6.45, 7) is 4.34. The topological polar surface area (TPSA) is 52.3 Å². The fourth-order valence-corrected chi connectivity index (χ4v) is 1.26. The van der Waals surface area contributed by atoms with Crippen molar-refractivity contribution in [2.24, 2.45) is 11.7 Å². The summed E-state index contributed by atoms with van der Waals surface area (Å²) in [5.74, 6) is 0.233. The van der Waals surface area contributed by atoms with E-state index in [2.05, 4.69) is 0 Å². The van der Waals surface area contributed by atoms with Crippen molar-refractivity contribution in [1.29, 1.82) is 0 Å². The van der Waals surface area contributed by atoms with Gasteiger partial charge in [-0.2, -0.15) is 0 Å². The Bertz CT molecular complexity index is 132. The zero-order valence-electron chi connectivity index (χ0n) is 8.17. The van der Waals surface area contributed by atoms with E-state index in [1.807, 2.05) is 13.8 Å². The second kappa shape index (κ2) is 6.14. The second-order valence-corrected chi connectivity index (χ2v) is 2.98. The minimum absolute atomic E-state index is 0.107. The van der Waals surface area contributed by atoms with E-state index < -0.39 is 6.04 Å². The van der Waals surface area contributed by atoms with Crippen molar-refractivity contribution < 1.29 is 9.53 Å². The highest BCUT2D eigenvalue weighted by molar-refractivity contribution is 5.86. The van der Waals surface area contributed by atoms with Gasteiger partial charge in [-0.15, -0.1) is 0 Å². The molecule has 72 valence electrons. The highest BCUT2D eigenvalue weighted by atomic mass is 16.5. The van der Waals surface area contributed by atoms with Crippen LogP contribution in [-0.2, 0) is 9.53 Å². The molecule has 0 aromatic carbocycles.